The fourth-order valence-corrected chi connectivity index (χ4v) is 3.64. The molecule has 128 valence electrons. The van der Waals surface area contributed by atoms with Gasteiger partial charge in [-0.2, -0.15) is 0 Å². The molecule has 0 bridgehead atoms. The molecule has 0 spiro atoms. The van der Waals surface area contributed by atoms with Gasteiger partial charge in [-0.15, -0.1) is 0 Å². The van der Waals surface area contributed by atoms with Gasteiger partial charge >= 0.3 is 0 Å². The number of imidazole rings is 1. The number of fused-ring (bicyclic) bond motifs is 1. The maximum absolute atomic E-state index is 13.1. The molecule has 1 amide bonds. The minimum Gasteiger partial charge on any atom is -0.334 e. The van der Waals surface area contributed by atoms with Crippen LogP contribution < -0.4 is 0 Å². The van der Waals surface area contributed by atoms with Gasteiger partial charge in [-0.3, -0.25) is 9.20 Å². The van der Waals surface area contributed by atoms with Crippen LogP contribution in [0.4, 0.5) is 0 Å². The van der Waals surface area contributed by atoms with Gasteiger partial charge < -0.3 is 4.90 Å². The SMILES string of the molecule is O=C(c1cn2cccnc2n1)N(CCc1ccccc1)C1CCCC1. The summed E-state index contributed by atoms with van der Waals surface area (Å²) >= 11 is 0. The van der Waals surface area contributed by atoms with E-state index >= 15 is 0 Å². The number of nitrogens with zero attached hydrogens (tertiary/aromatic N) is 4. The lowest BCUT2D eigenvalue weighted by Gasteiger charge is -2.28. The molecule has 0 saturated heterocycles. The van der Waals surface area contributed by atoms with E-state index < -0.39 is 0 Å². The third kappa shape index (κ3) is 3.40. The highest BCUT2D eigenvalue weighted by atomic mass is 16.2. The molecule has 1 aliphatic rings. The third-order valence-corrected chi connectivity index (χ3v) is 4.97. The minimum atomic E-state index is 0.0216. The molecule has 1 aliphatic carbocycles. The van der Waals surface area contributed by atoms with Gasteiger partial charge in [-0.1, -0.05) is 43.2 Å². The Balaban J connectivity index is 1.56. The van der Waals surface area contributed by atoms with Gasteiger partial charge in [-0.05, 0) is 30.9 Å². The maximum atomic E-state index is 13.1. The predicted molar refractivity (Wildman–Crippen MR) is 96.4 cm³/mol. The van der Waals surface area contributed by atoms with Crippen LogP contribution in [0.3, 0.4) is 0 Å². The number of carbonyl (C=O) groups excluding carboxylic acids is 1. The number of benzene rings is 1. The van der Waals surface area contributed by atoms with Crippen LogP contribution in [-0.2, 0) is 6.42 Å². The van der Waals surface area contributed by atoms with Crippen molar-refractivity contribution in [3.8, 4) is 0 Å². The number of hydrogen-bond acceptors (Lipinski definition) is 3. The summed E-state index contributed by atoms with van der Waals surface area (Å²) in [4.78, 5) is 23.8. The Morgan fingerprint density at radius 2 is 1.96 bits per heavy atom. The first-order chi connectivity index (χ1) is 12.3. The van der Waals surface area contributed by atoms with Gasteiger partial charge in [-0.25, -0.2) is 9.97 Å². The van der Waals surface area contributed by atoms with Crippen LogP contribution in [0.5, 0.6) is 0 Å². The Hall–Kier alpha value is -2.69. The summed E-state index contributed by atoms with van der Waals surface area (Å²) in [6, 6.07) is 12.5. The molecule has 3 aromatic rings. The number of hydrogen-bond donors (Lipinski definition) is 0. The van der Waals surface area contributed by atoms with Crippen LogP contribution in [0.2, 0.25) is 0 Å². The molecule has 1 saturated carbocycles. The zero-order valence-electron chi connectivity index (χ0n) is 14.2. The van der Waals surface area contributed by atoms with Crippen molar-refractivity contribution in [1.29, 1.82) is 0 Å². The summed E-state index contributed by atoms with van der Waals surface area (Å²) in [5, 5.41) is 0. The van der Waals surface area contributed by atoms with E-state index in [-0.39, 0.29) is 5.91 Å². The zero-order chi connectivity index (χ0) is 17.1. The van der Waals surface area contributed by atoms with Gasteiger partial charge in [0.05, 0.1) is 0 Å². The molecule has 2 aromatic heterocycles. The molecule has 0 atom stereocenters. The van der Waals surface area contributed by atoms with E-state index in [1.807, 2.05) is 35.4 Å². The molecule has 5 heteroatoms. The molecule has 25 heavy (non-hydrogen) atoms. The third-order valence-electron chi connectivity index (χ3n) is 4.97. The number of amides is 1. The summed E-state index contributed by atoms with van der Waals surface area (Å²) in [6.07, 6.45) is 10.8. The van der Waals surface area contributed by atoms with Crippen LogP contribution in [0.15, 0.2) is 55.0 Å². The van der Waals surface area contributed by atoms with Crippen LogP contribution in [-0.4, -0.2) is 37.8 Å². The number of carbonyl (C=O) groups is 1. The highest BCUT2D eigenvalue weighted by Gasteiger charge is 2.28. The Morgan fingerprint density at radius 3 is 2.72 bits per heavy atom. The monoisotopic (exact) mass is 334 g/mol. The first kappa shape index (κ1) is 15.8. The molecule has 0 radical (unpaired) electrons. The van der Waals surface area contributed by atoms with Gasteiger partial charge in [0.25, 0.3) is 5.91 Å². The first-order valence-electron chi connectivity index (χ1n) is 8.96. The predicted octanol–water partition coefficient (Wildman–Crippen LogP) is 3.36. The van der Waals surface area contributed by atoms with Crippen LogP contribution in [0, 0.1) is 0 Å². The van der Waals surface area contributed by atoms with Crippen molar-refractivity contribution in [2.45, 2.75) is 38.1 Å². The number of rotatable bonds is 5. The average molecular weight is 334 g/mol. The van der Waals surface area contributed by atoms with E-state index in [4.69, 9.17) is 0 Å². The van der Waals surface area contributed by atoms with Crippen molar-refractivity contribution < 1.29 is 4.79 Å². The second-order valence-corrected chi connectivity index (χ2v) is 6.63. The van der Waals surface area contributed by atoms with Crippen LogP contribution in [0.1, 0.15) is 41.7 Å². The first-order valence-corrected chi connectivity index (χ1v) is 8.96. The average Bonchev–Trinajstić information content (AvgIpc) is 3.32. The second kappa shape index (κ2) is 7.05. The van der Waals surface area contributed by atoms with Crippen molar-refractivity contribution in [3.63, 3.8) is 0 Å². The summed E-state index contributed by atoms with van der Waals surface area (Å²) in [7, 11) is 0. The topological polar surface area (TPSA) is 50.5 Å². The molecule has 4 rings (SSSR count). The summed E-state index contributed by atoms with van der Waals surface area (Å²) in [5.74, 6) is 0.591. The lowest BCUT2D eigenvalue weighted by molar-refractivity contribution is 0.0678. The normalized spacial score (nSPS) is 14.9. The maximum Gasteiger partial charge on any atom is 0.274 e. The Labute approximate surface area is 147 Å². The second-order valence-electron chi connectivity index (χ2n) is 6.63. The molecule has 1 aromatic carbocycles. The van der Waals surface area contributed by atoms with E-state index in [9.17, 15) is 4.79 Å². The van der Waals surface area contributed by atoms with Crippen molar-refractivity contribution in [3.05, 3.63) is 66.2 Å². The highest BCUT2D eigenvalue weighted by Crippen LogP contribution is 2.25. The lowest BCUT2D eigenvalue weighted by atomic mass is 10.1. The molecular weight excluding hydrogens is 312 g/mol. The molecule has 2 heterocycles. The highest BCUT2D eigenvalue weighted by molar-refractivity contribution is 5.93. The standard InChI is InChI=1S/C20H22N4O/c25-19(18-15-23-13-6-12-21-20(23)22-18)24(17-9-4-5-10-17)14-11-16-7-2-1-3-8-16/h1-3,6-8,12-13,15,17H,4-5,9-11,14H2. The summed E-state index contributed by atoms with van der Waals surface area (Å²) in [5.41, 5.74) is 1.74. The van der Waals surface area contributed by atoms with E-state index in [0.29, 0.717) is 17.5 Å². The largest absolute Gasteiger partial charge is 0.334 e. The van der Waals surface area contributed by atoms with Gasteiger partial charge in [0.15, 0.2) is 0 Å². The fourth-order valence-electron chi connectivity index (χ4n) is 3.64. The van der Waals surface area contributed by atoms with Gasteiger partial charge in [0.2, 0.25) is 5.78 Å². The van der Waals surface area contributed by atoms with Gasteiger partial charge in [0.1, 0.15) is 5.69 Å². The van der Waals surface area contributed by atoms with Crippen molar-refractivity contribution in [1.82, 2.24) is 19.3 Å². The number of aromatic nitrogens is 3. The summed E-state index contributed by atoms with van der Waals surface area (Å²) in [6.45, 7) is 0.731. The van der Waals surface area contributed by atoms with Crippen LogP contribution in [0.25, 0.3) is 5.78 Å². The quantitative estimate of drug-likeness (QED) is 0.719. The van der Waals surface area contributed by atoms with E-state index in [2.05, 4.69) is 22.1 Å². The van der Waals surface area contributed by atoms with E-state index in [1.54, 1.807) is 16.8 Å². The molecule has 0 N–H and O–H groups in total. The zero-order valence-corrected chi connectivity index (χ0v) is 14.2. The van der Waals surface area contributed by atoms with Crippen molar-refractivity contribution in [2.24, 2.45) is 0 Å². The fraction of sp³-hybridized carbons (Fsp3) is 0.350. The summed E-state index contributed by atoms with van der Waals surface area (Å²) < 4.78 is 1.80. The van der Waals surface area contributed by atoms with E-state index in [1.165, 1.54) is 18.4 Å². The van der Waals surface area contributed by atoms with Crippen LogP contribution >= 0.6 is 0 Å². The van der Waals surface area contributed by atoms with Crippen molar-refractivity contribution >= 4 is 11.7 Å². The molecule has 5 nitrogen and oxygen atoms in total. The molecule has 1 fully saturated rings. The van der Waals surface area contributed by atoms with Gasteiger partial charge in [0, 0.05) is 31.2 Å². The van der Waals surface area contributed by atoms with E-state index in [0.717, 1.165) is 25.8 Å². The minimum absolute atomic E-state index is 0.0216. The Morgan fingerprint density at radius 1 is 1.16 bits per heavy atom. The smallest absolute Gasteiger partial charge is 0.274 e. The Kier molecular flexibility index (Phi) is 4.46. The molecule has 0 aliphatic heterocycles. The molecular formula is C20H22N4O. The lowest BCUT2D eigenvalue weighted by Crippen LogP contribution is -2.40. The molecule has 0 unspecified atom stereocenters. The van der Waals surface area contributed by atoms with Crippen molar-refractivity contribution in [2.75, 3.05) is 6.54 Å². The Bertz CT molecular complexity index is 819.